The van der Waals surface area contributed by atoms with Gasteiger partial charge in [-0.1, -0.05) is 17.7 Å². The fourth-order valence-electron chi connectivity index (χ4n) is 1.85. The van der Waals surface area contributed by atoms with Gasteiger partial charge in [-0.15, -0.1) is 0 Å². The third-order valence-corrected chi connectivity index (χ3v) is 2.84. The van der Waals surface area contributed by atoms with Crippen LogP contribution in [0.4, 0.5) is 10.5 Å². The molecular weight excluding hydrogens is 296 g/mol. The number of imide groups is 1. The minimum atomic E-state index is -0.539. The van der Waals surface area contributed by atoms with Gasteiger partial charge in [0.25, 0.3) is 0 Å². The van der Waals surface area contributed by atoms with Crippen LogP contribution in [0, 0.1) is 6.92 Å². The highest BCUT2D eigenvalue weighted by molar-refractivity contribution is 5.96. The van der Waals surface area contributed by atoms with E-state index < -0.39 is 11.9 Å². The number of nitrogens with one attached hydrogen (secondary N) is 3. The topological polar surface area (TPSA) is 90.5 Å². The van der Waals surface area contributed by atoms with Gasteiger partial charge in [0, 0.05) is 11.7 Å². The number of aryl methyl sites for hydroxylation is 1. The number of urea groups is 1. The number of carbonyl (C=O) groups excluding carboxylic acids is 3. The Morgan fingerprint density at radius 3 is 2.17 bits per heavy atom. The van der Waals surface area contributed by atoms with Gasteiger partial charge in [-0.2, -0.15) is 0 Å². The van der Waals surface area contributed by atoms with Crippen LogP contribution >= 0.6 is 0 Å². The van der Waals surface area contributed by atoms with Crippen LogP contribution in [-0.2, 0) is 9.59 Å². The Hall–Kier alpha value is -2.41. The Kier molecular flexibility index (Phi) is 7.21. The first kappa shape index (κ1) is 18.6. The van der Waals surface area contributed by atoms with E-state index in [0.29, 0.717) is 5.69 Å². The molecule has 0 aromatic heterocycles. The molecule has 23 heavy (non-hydrogen) atoms. The molecule has 1 aromatic carbocycles. The Labute approximate surface area is 136 Å². The van der Waals surface area contributed by atoms with E-state index in [-0.39, 0.29) is 25.0 Å². The zero-order chi connectivity index (χ0) is 17.4. The molecular formula is C16H24N4O3. The summed E-state index contributed by atoms with van der Waals surface area (Å²) < 4.78 is 0. The van der Waals surface area contributed by atoms with Gasteiger partial charge >= 0.3 is 6.03 Å². The maximum Gasteiger partial charge on any atom is 0.321 e. The van der Waals surface area contributed by atoms with E-state index in [4.69, 9.17) is 0 Å². The second-order valence-corrected chi connectivity index (χ2v) is 5.76. The average Bonchev–Trinajstić information content (AvgIpc) is 2.39. The zero-order valence-corrected chi connectivity index (χ0v) is 14.0. The molecule has 0 aliphatic carbocycles. The number of benzene rings is 1. The van der Waals surface area contributed by atoms with Crippen molar-refractivity contribution in [1.29, 1.82) is 0 Å². The number of rotatable bonds is 6. The molecule has 0 saturated carbocycles. The minimum absolute atomic E-state index is 0.0487. The first-order valence-electron chi connectivity index (χ1n) is 7.41. The lowest BCUT2D eigenvalue weighted by Crippen LogP contribution is -2.46. The fourth-order valence-corrected chi connectivity index (χ4v) is 1.85. The van der Waals surface area contributed by atoms with Gasteiger partial charge in [0.15, 0.2) is 0 Å². The Morgan fingerprint density at radius 1 is 1.04 bits per heavy atom. The molecule has 126 valence electrons. The van der Waals surface area contributed by atoms with Crippen LogP contribution in [-0.4, -0.2) is 48.9 Å². The van der Waals surface area contributed by atoms with Crippen LogP contribution in [0.1, 0.15) is 19.4 Å². The van der Waals surface area contributed by atoms with Gasteiger partial charge in [-0.25, -0.2) is 4.79 Å². The summed E-state index contributed by atoms with van der Waals surface area (Å²) >= 11 is 0. The molecule has 0 aliphatic heterocycles. The largest absolute Gasteiger partial charge is 0.336 e. The smallest absolute Gasteiger partial charge is 0.321 e. The number of hydrogen-bond donors (Lipinski definition) is 3. The number of likely N-dealkylation sites (N-methyl/N-ethyl adjacent to an activating group) is 1. The fraction of sp³-hybridized carbons (Fsp3) is 0.438. The van der Waals surface area contributed by atoms with Crippen LogP contribution in [0.2, 0.25) is 0 Å². The predicted octanol–water partition coefficient (Wildman–Crippen LogP) is 1.10. The molecule has 4 amide bonds. The van der Waals surface area contributed by atoms with Gasteiger partial charge in [0.1, 0.15) is 0 Å². The first-order chi connectivity index (χ1) is 10.8. The number of nitrogens with zero attached hydrogens (tertiary/aromatic N) is 1. The van der Waals surface area contributed by atoms with Gasteiger partial charge < -0.3 is 10.6 Å². The summed E-state index contributed by atoms with van der Waals surface area (Å²) in [6, 6.07) is 6.84. The molecule has 0 fully saturated rings. The lowest BCUT2D eigenvalue weighted by molar-refractivity contribution is -0.122. The second-order valence-electron chi connectivity index (χ2n) is 5.76. The number of amides is 4. The normalized spacial score (nSPS) is 10.5. The van der Waals surface area contributed by atoms with Crippen molar-refractivity contribution in [1.82, 2.24) is 15.5 Å². The quantitative estimate of drug-likeness (QED) is 0.732. The van der Waals surface area contributed by atoms with E-state index in [0.717, 1.165) is 5.56 Å². The summed E-state index contributed by atoms with van der Waals surface area (Å²) in [5.74, 6) is -0.690. The molecule has 0 atom stereocenters. The van der Waals surface area contributed by atoms with Crippen LogP contribution in [0.15, 0.2) is 24.3 Å². The summed E-state index contributed by atoms with van der Waals surface area (Å²) in [4.78, 5) is 36.5. The van der Waals surface area contributed by atoms with Crippen LogP contribution < -0.4 is 16.0 Å². The Balaban J connectivity index is 2.36. The van der Waals surface area contributed by atoms with Crippen molar-refractivity contribution in [3.8, 4) is 0 Å². The molecule has 1 rings (SSSR count). The van der Waals surface area contributed by atoms with Crippen LogP contribution in [0.25, 0.3) is 0 Å². The lowest BCUT2D eigenvalue weighted by atomic mass is 10.2. The van der Waals surface area contributed by atoms with Crippen molar-refractivity contribution in [2.24, 2.45) is 0 Å². The van der Waals surface area contributed by atoms with E-state index in [9.17, 15) is 14.4 Å². The molecule has 0 saturated heterocycles. The summed E-state index contributed by atoms with van der Waals surface area (Å²) in [6.07, 6.45) is 0. The molecule has 0 radical (unpaired) electrons. The van der Waals surface area contributed by atoms with E-state index in [1.165, 1.54) is 4.90 Å². The SMILES string of the molecule is Cc1ccc(NC(=O)CN(C)CC(=O)NC(=O)NC(C)C)cc1. The van der Waals surface area contributed by atoms with Crippen molar-refractivity contribution >= 4 is 23.5 Å². The number of hydrogen-bond acceptors (Lipinski definition) is 4. The third kappa shape index (κ3) is 7.96. The average molecular weight is 320 g/mol. The number of anilines is 1. The Bertz CT molecular complexity index is 555. The molecule has 3 N–H and O–H groups in total. The predicted molar refractivity (Wildman–Crippen MR) is 89.1 cm³/mol. The van der Waals surface area contributed by atoms with Crippen molar-refractivity contribution in [2.75, 3.05) is 25.5 Å². The highest BCUT2D eigenvalue weighted by Gasteiger charge is 2.13. The maximum absolute atomic E-state index is 11.9. The molecule has 7 heteroatoms. The Morgan fingerprint density at radius 2 is 1.61 bits per heavy atom. The highest BCUT2D eigenvalue weighted by atomic mass is 16.2. The van der Waals surface area contributed by atoms with Gasteiger partial charge in [0.2, 0.25) is 11.8 Å². The summed E-state index contributed by atoms with van der Waals surface area (Å²) in [5, 5.41) is 7.51. The van der Waals surface area contributed by atoms with Crippen molar-refractivity contribution in [2.45, 2.75) is 26.8 Å². The molecule has 0 heterocycles. The lowest BCUT2D eigenvalue weighted by Gasteiger charge is -2.16. The second kappa shape index (κ2) is 8.89. The molecule has 0 unspecified atom stereocenters. The van der Waals surface area contributed by atoms with Crippen LogP contribution in [0.5, 0.6) is 0 Å². The van der Waals surface area contributed by atoms with Gasteiger partial charge in [-0.3, -0.25) is 19.8 Å². The van der Waals surface area contributed by atoms with E-state index >= 15 is 0 Å². The molecule has 7 nitrogen and oxygen atoms in total. The maximum atomic E-state index is 11.9. The highest BCUT2D eigenvalue weighted by Crippen LogP contribution is 2.08. The molecule has 0 bridgehead atoms. The molecule has 0 spiro atoms. The van der Waals surface area contributed by atoms with E-state index in [2.05, 4.69) is 16.0 Å². The number of carbonyl (C=O) groups is 3. The minimum Gasteiger partial charge on any atom is -0.336 e. The molecule has 1 aromatic rings. The van der Waals surface area contributed by atoms with Crippen molar-refractivity contribution < 1.29 is 14.4 Å². The summed E-state index contributed by atoms with van der Waals surface area (Å²) in [5.41, 5.74) is 1.81. The standard InChI is InChI=1S/C16H24N4O3/c1-11(2)17-16(23)19-15(22)10-20(4)9-14(21)18-13-7-5-12(3)6-8-13/h5-8,11H,9-10H2,1-4H3,(H,18,21)(H2,17,19,22,23). The first-order valence-corrected chi connectivity index (χ1v) is 7.41. The summed E-state index contributed by atoms with van der Waals surface area (Å²) in [7, 11) is 1.63. The molecule has 0 aliphatic rings. The van der Waals surface area contributed by atoms with Crippen LogP contribution in [0.3, 0.4) is 0 Å². The zero-order valence-electron chi connectivity index (χ0n) is 14.0. The monoisotopic (exact) mass is 320 g/mol. The van der Waals surface area contributed by atoms with Crippen molar-refractivity contribution in [3.63, 3.8) is 0 Å². The summed E-state index contributed by atoms with van der Waals surface area (Å²) in [6.45, 7) is 5.56. The van der Waals surface area contributed by atoms with Gasteiger partial charge in [-0.05, 0) is 40.0 Å². The van der Waals surface area contributed by atoms with E-state index in [1.807, 2.05) is 31.2 Å². The third-order valence-electron chi connectivity index (χ3n) is 2.84. The van der Waals surface area contributed by atoms with Gasteiger partial charge in [0.05, 0.1) is 13.1 Å². The van der Waals surface area contributed by atoms with Crippen molar-refractivity contribution in [3.05, 3.63) is 29.8 Å². The van der Waals surface area contributed by atoms with E-state index in [1.54, 1.807) is 20.9 Å².